The summed E-state index contributed by atoms with van der Waals surface area (Å²) in [5.74, 6) is -2.30. The SMILES string of the molecule is NC(N)=NC(N)=Nc1ccc(F)c(C(F)(F)F)c1Br. The number of rotatable bonds is 1. The van der Waals surface area contributed by atoms with Gasteiger partial charge < -0.3 is 17.2 Å². The molecule has 0 saturated heterocycles. The zero-order valence-electron chi connectivity index (χ0n) is 9.17. The number of guanidine groups is 2. The molecule has 0 heterocycles. The zero-order valence-corrected chi connectivity index (χ0v) is 10.8. The Balaban J connectivity index is 3.38. The molecule has 1 rings (SSSR count). The first kappa shape index (κ1) is 15.2. The average Bonchev–Trinajstić information content (AvgIpc) is 2.19. The van der Waals surface area contributed by atoms with Crippen molar-refractivity contribution in [1.82, 2.24) is 0 Å². The van der Waals surface area contributed by atoms with E-state index >= 15 is 0 Å². The van der Waals surface area contributed by atoms with Gasteiger partial charge in [0, 0.05) is 0 Å². The van der Waals surface area contributed by atoms with E-state index in [0.717, 1.165) is 6.07 Å². The van der Waals surface area contributed by atoms with Crippen LogP contribution in [0.25, 0.3) is 0 Å². The van der Waals surface area contributed by atoms with Gasteiger partial charge in [-0.1, -0.05) is 0 Å². The maximum Gasteiger partial charge on any atom is 0.420 e. The summed E-state index contributed by atoms with van der Waals surface area (Å²) < 4.78 is 50.4. The molecule has 0 aliphatic carbocycles. The van der Waals surface area contributed by atoms with Crippen molar-refractivity contribution in [3.05, 3.63) is 28.0 Å². The highest BCUT2D eigenvalue weighted by atomic mass is 79.9. The Morgan fingerprint density at radius 1 is 1.16 bits per heavy atom. The Bertz CT molecular complexity index is 548. The number of nitrogens with zero attached hydrogens (tertiary/aromatic N) is 2. The fourth-order valence-electron chi connectivity index (χ4n) is 1.17. The van der Waals surface area contributed by atoms with Crippen LogP contribution < -0.4 is 17.2 Å². The van der Waals surface area contributed by atoms with Gasteiger partial charge in [-0.25, -0.2) is 9.38 Å². The quantitative estimate of drug-likeness (QED) is 0.412. The average molecular weight is 342 g/mol. The Labute approximate surface area is 113 Å². The predicted octanol–water partition coefficient (Wildman–Crippen LogP) is 1.83. The van der Waals surface area contributed by atoms with Gasteiger partial charge in [0.15, 0.2) is 5.96 Å². The molecule has 104 valence electrons. The van der Waals surface area contributed by atoms with Gasteiger partial charge in [0.25, 0.3) is 0 Å². The van der Waals surface area contributed by atoms with E-state index in [4.69, 9.17) is 17.2 Å². The zero-order chi connectivity index (χ0) is 14.8. The number of halogens is 5. The van der Waals surface area contributed by atoms with E-state index in [0.29, 0.717) is 6.07 Å². The second-order valence-electron chi connectivity index (χ2n) is 3.26. The molecule has 19 heavy (non-hydrogen) atoms. The van der Waals surface area contributed by atoms with E-state index in [9.17, 15) is 17.6 Å². The molecule has 0 amide bonds. The van der Waals surface area contributed by atoms with E-state index in [1.54, 1.807) is 0 Å². The van der Waals surface area contributed by atoms with Gasteiger partial charge in [-0.05, 0) is 28.1 Å². The summed E-state index contributed by atoms with van der Waals surface area (Å²) in [5, 5.41) is 0. The van der Waals surface area contributed by atoms with Crippen LogP contribution >= 0.6 is 15.9 Å². The highest BCUT2D eigenvalue weighted by molar-refractivity contribution is 9.10. The summed E-state index contributed by atoms with van der Waals surface area (Å²) in [7, 11) is 0. The van der Waals surface area contributed by atoms with Gasteiger partial charge in [-0.2, -0.15) is 18.2 Å². The molecular formula is C9H8BrF4N5. The number of hydrogen-bond donors (Lipinski definition) is 3. The summed E-state index contributed by atoms with van der Waals surface area (Å²) in [6, 6.07) is 1.62. The minimum atomic E-state index is -4.88. The summed E-state index contributed by atoms with van der Waals surface area (Å²) in [6.45, 7) is 0. The molecule has 0 atom stereocenters. The Hall–Kier alpha value is -1.84. The van der Waals surface area contributed by atoms with E-state index < -0.39 is 33.9 Å². The lowest BCUT2D eigenvalue weighted by Gasteiger charge is -2.11. The molecule has 1 aromatic carbocycles. The van der Waals surface area contributed by atoms with E-state index in [1.165, 1.54) is 0 Å². The molecule has 0 aliphatic heterocycles. The Morgan fingerprint density at radius 2 is 1.74 bits per heavy atom. The van der Waals surface area contributed by atoms with Gasteiger partial charge in [-0.3, -0.25) is 0 Å². The summed E-state index contributed by atoms with van der Waals surface area (Å²) in [6.07, 6.45) is -4.88. The van der Waals surface area contributed by atoms with Crippen LogP contribution in [0.3, 0.4) is 0 Å². The van der Waals surface area contributed by atoms with Crippen LogP contribution in [-0.2, 0) is 6.18 Å². The largest absolute Gasteiger partial charge is 0.420 e. The lowest BCUT2D eigenvalue weighted by molar-refractivity contribution is -0.140. The summed E-state index contributed by atoms with van der Waals surface area (Å²) in [4.78, 5) is 6.88. The van der Waals surface area contributed by atoms with Crippen LogP contribution in [0.1, 0.15) is 5.56 Å². The molecule has 0 spiro atoms. The van der Waals surface area contributed by atoms with Gasteiger partial charge in [0.2, 0.25) is 5.96 Å². The minimum Gasteiger partial charge on any atom is -0.370 e. The van der Waals surface area contributed by atoms with Crippen LogP contribution in [0.15, 0.2) is 26.6 Å². The molecule has 10 heteroatoms. The highest BCUT2D eigenvalue weighted by Crippen LogP contribution is 2.41. The van der Waals surface area contributed by atoms with Crippen molar-refractivity contribution in [1.29, 1.82) is 0 Å². The molecule has 0 saturated carbocycles. The van der Waals surface area contributed by atoms with Crippen LogP contribution in [0.5, 0.6) is 0 Å². The number of hydrogen-bond acceptors (Lipinski definition) is 1. The second-order valence-corrected chi connectivity index (χ2v) is 4.05. The molecule has 5 nitrogen and oxygen atoms in total. The topological polar surface area (TPSA) is 103 Å². The van der Waals surface area contributed by atoms with Crippen molar-refractivity contribution in [2.24, 2.45) is 27.2 Å². The molecule has 0 aliphatic rings. The first-order chi connectivity index (χ1) is 8.62. The number of aliphatic imine (C=N–C) groups is 2. The lowest BCUT2D eigenvalue weighted by Crippen LogP contribution is -2.26. The van der Waals surface area contributed by atoms with Crippen molar-refractivity contribution in [2.75, 3.05) is 0 Å². The molecule has 0 radical (unpaired) electrons. The predicted molar refractivity (Wildman–Crippen MR) is 66.2 cm³/mol. The van der Waals surface area contributed by atoms with Crippen LogP contribution in [-0.4, -0.2) is 11.9 Å². The van der Waals surface area contributed by atoms with Crippen molar-refractivity contribution in [2.45, 2.75) is 6.18 Å². The smallest absolute Gasteiger partial charge is 0.370 e. The Morgan fingerprint density at radius 3 is 2.21 bits per heavy atom. The highest BCUT2D eigenvalue weighted by Gasteiger charge is 2.37. The monoisotopic (exact) mass is 341 g/mol. The number of benzene rings is 1. The molecular weight excluding hydrogens is 334 g/mol. The van der Waals surface area contributed by atoms with E-state index in [-0.39, 0.29) is 5.69 Å². The molecule has 0 bridgehead atoms. The van der Waals surface area contributed by atoms with Crippen molar-refractivity contribution < 1.29 is 17.6 Å². The summed E-state index contributed by atoms with van der Waals surface area (Å²) in [5.41, 5.74) is 13.6. The lowest BCUT2D eigenvalue weighted by atomic mass is 10.2. The second kappa shape index (κ2) is 5.43. The maximum absolute atomic E-state index is 13.2. The number of alkyl halides is 3. The van der Waals surface area contributed by atoms with Crippen molar-refractivity contribution >= 4 is 33.5 Å². The van der Waals surface area contributed by atoms with Crippen LogP contribution in [0.4, 0.5) is 23.2 Å². The molecule has 0 fully saturated rings. The third-order valence-electron chi connectivity index (χ3n) is 1.83. The Kier molecular flexibility index (Phi) is 4.35. The molecule has 1 aromatic rings. The normalized spacial score (nSPS) is 12.4. The number of nitrogens with two attached hydrogens (primary N) is 3. The van der Waals surface area contributed by atoms with Gasteiger partial charge in [0.05, 0.1) is 10.2 Å². The van der Waals surface area contributed by atoms with Gasteiger partial charge in [-0.15, -0.1) is 0 Å². The fraction of sp³-hybridized carbons (Fsp3) is 0.111. The van der Waals surface area contributed by atoms with E-state index in [2.05, 4.69) is 25.9 Å². The van der Waals surface area contributed by atoms with Gasteiger partial charge in [0.1, 0.15) is 11.4 Å². The third kappa shape index (κ3) is 3.81. The standard InChI is InChI=1S/C9H8BrF4N5/c10-6-4(18-8(17)19-7(15)16)2-1-3(11)5(6)9(12,13)14/h1-2H,(H6,15,16,17,18,19). The minimum absolute atomic E-state index is 0.253. The molecule has 0 aromatic heterocycles. The van der Waals surface area contributed by atoms with Gasteiger partial charge >= 0.3 is 6.18 Å². The fourth-order valence-corrected chi connectivity index (χ4v) is 1.80. The maximum atomic E-state index is 13.2. The first-order valence-corrected chi connectivity index (χ1v) is 5.41. The third-order valence-corrected chi connectivity index (χ3v) is 2.64. The van der Waals surface area contributed by atoms with E-state index in [1.807, 2.05) is 0 Å². The van der Waals surface area contributed by atoms with Crippen molar-refractivity contribution in [3.63, 3.8) is 0 Å². The van der Waals surface area contributed by atoms with Crippen molar-refractivity contribution in [3.8, 4) is 0 Å². The van der Waals surface area contributed by atoms with Crippen LogP contribution in [0, 0.1) is 5.82 Å². The molecule has 0 unspecified atom stereocenters. The summed E-state index contributed by atoms with van der Waals surface area (Å²) >= 11 is 2.63. The van der Waals surface area contributed by atoms with Crippen LogP contribution in [0.2, 0.25) is 0 Å². The first-order valence-electron chi connectivity index (χ1n) is 4.62. The molecule has 6 N–H and O–H groups in total.